The van der Waals surface area contributed by atoms with Gasteiger partial charge < -0.3 is 5.73 Å². The molecule has 16 heavy (non-hydrogen) atoms. The number of thiol groups is 1. The first-order valence-electron chi connectivity index (χ1n) is 4.18. The molecule has 0 saturated heterocycles. The predicted octanol–water partition coefficient (Wildman–Crippen LogP) is -0.256. The van der Waals surface area contributed by atoms with Crippen molar-refractivity contribution in [3.63, 3.8) is 0 Å². The molecular formula is C8H10N4O3S. The predicted molar refractivity (Wildman–Crippen MR) is 59.1 cm³/mol. The standard InChI is InChI=1S/C7H6N2.CH4N2O3S/c1-2-4-7-6(3-1)5-8-9-7;2-1(4)3-7(5)6/h1-5H,(H,8,9);7H,(H3,2,3,4,5,6). The molecule has 0 bridgehead atoms. The second-order valence-electron chi connectivity index (χ2n) is 2.69. The minimum atomic E-state index is -2.86. The van der Waals surface area contributed by atoms with Gasteiger partial charge in [0.25, 0.3) is 0 Å². The maximum atomic E-state index is 9.54. The molecule has 7 nitrogen and oxygen atoms in total. The lowest BCUT2D eigenvalue weighted by molar-refractivity contribution is 0.254. The topological polar surface area (TPSA) is 118 Å². The highest BCUT2D eigenvalue weighted by atomic mass is 32.2. The summed E-state index contributed by atoms with van der Waals surface area (Å²) in [5.41, 5.74) is 5.45. The number of hydrogen-bond acceptors (Lipinski definition) is 4. The summed E-state index contributed by atoms with van der Waals surface area (Å²) in [6, 6.07) is 6.95. The fourth-order valence-corrected chi connectivity index (χ4v) is 1.15. The van der Waals surface area contributed by atoms with E-state index in [4.69, 9.17) is 0 Å². The van der Waals surface area contributed by atoms with Crippen LogP contribution in [-0.4, -0.2) is 24.6 Å². The number of rotatable bonds is 1. The van der Waals surface area contributed by atoms with Gasteiger partial charge in [0.15, 0.2) is 0 Å². The summed E-state index contributed by atoms with van der Waals surface area (Å²) in [7, 11) is -2.86. The first kappa shape index (κ1) is 12.0. The first-order chi connectivity index (χ1) is 7.59. The molecule has 1 aromatic carbocycles. The molecule has 0 aliphatic carbocycles. The van der Waals surface area contributed by atoms with Gasteiger partial charge in [-0.25, -0.2) is 17.9 Å². The summed E-state index contributed by atoms with van der Waals surface area (Å²) in [5.74, 6) is 0. The molecular weight excluding hydrogens is 232 g/mol. The number of para-hydroxylation sites is 1. The van der Waals surface area contributed by atoms with Gasteiger partial charge in [0, 0.05) is 5.39 Å². The van der Waals surface area contributed by atoms with Gasteiger partial charge in [-0.1, -0.05) is 18.2 Å². The molecule has 1 heterocycles. The van der Waals surface area contributed by atoms with Crippen LogP contribution in [0, 0.1) is 0 Å². The van der Waals surface area contributed by atoms with E-state index < -0.39 is 16.9 Å². The SMILES string of the molecule is NC(=O)N[SH](=O)=O.c1ccc2[nH]ncc2c1. The van der Waals surface area contributed by atoms with Crippen LogP contribution >= 0.6 is 0 Å². The summed E-state index contributed by atoms with van der Waals surface area (Å²) in [4.78, 5) is 9.54. The zero-order chi connectivity index (χ0) is 12.0. The van der Waals surface area contributed by atoms with E-state index in [1.54, 1.807) is 0 Å². The number of nitrogens with zero attached hydrogens (tertiary/aromatic N) is 1. The van der Waals surface area contributed by atoms with Crippen LogP contribution in [0.5, 0.6) is 0 Å². The van der Waals surface area contributed by atoms with E-state index in [9.17, 15) is 13.2 Å². The fraction of sp³-hybridized carbons (Fsp3) is 0. The van der Waals surface area contributed by atoms with Gasteiger partial charge in [-0.3, -0.25) is 5.10 Å². The number of fused-ring (bicyclic) bond motifs is 1. The number of nitrogens with one attached hydrogen (secondary N) is 2. The van der Waals surface area contributed by atoms with Gasteiger partial charge in [0.2, 0.25) is 10.9 Å². The van der Waals surface area contributed by atoms with Crippen LogP contribution in [0.15, 0.2) is 30.5 Å². The van der Waals surface area contributed by atoms with Crippen molar-refractivity contribution < 1.29 is 13.2 Å². The molecule has 0 radical (unpaired) electrons. The Labute approximate surface area is 92.7 Å². The van der Waals surface area contributed by atoms with E-state index in [-0.39, 0.29) is 0 Å². The smallest absolute Gasteiger partial charge is 0.325 e. The van der Waals surface area contributed by atoms with E-state index >= 15 is 0 Å². The number of aromatic nitrogens is 2. The van der Waals surface area contributed by atoms with Crippen molar-refractivity contribution in [3.8, 4) is 0 Å². The molecule has 0 atom stereocenters. The van der Waals surface area contributed by atoms with E-state index in [2.05, 4.69) is 15.9 Å². The van der Waals surface area contributed by atoms with E-state index in [0.717, 1.165) is 10.9 Å². The largest absolute Gasteiger partial charge is 0.351 e. The summed E-state index contributed by atoms with van der Waals surface area (Å²) in [5, 5.41) is 7.91. The van der Waals surface area contributed by atoms with Crippen LogP contribution in [0.1, 0.15) is 0 Å². The number of carbonyl (C=O) groups is 1. The van der Waals surface area contributed by atoms with Crippen molar-refractivity contribution in [1.82, 2.24) is 14.9 Å². The molecule has 0 aliphatic rings. The lowest BCUT2D eigenvalue weighted by Gasteiger charge is -1.82. The van der Waals surface area contributed by atoms with Gasteiger partial charge in [-0.15, -0.1) is 0 Å². The molecule has 2 aromatic rings. The highest BCUT2D eigenvalue weighted by Crippen LogP contribution is 2.06. The fourth-order valence-electron chi connectivity index (χ4n) is 0.973. The van der Waals surface area contributed by atoms with Crippen molar-refractivity contribution in [3.05, 3.63) is 30.5 Å². The Balaban J connectivity index is 0.000000168. The summed E-state index contributed by atoms with van der Waals surface area (Å²) < 4.78 is 20.3. The Morgan fingerprint density at radius 3 is 2.56 bits per heavy atom. The molecule has 1 aromatic heterocycles. The second kappa shape index (κ2) is 5.71. The first-order valence-corrected chi connectivity index (χ1v) is 5.36. The van der Waals surface area contributed by atoms with E-state index in [1.165, 1.54) is 4.72 Å². The molecule has 0 fully saturated rings. The number of hydrogen-bond donors (Lipinski definition) is 4. The maximum absolute atomic E-state index is 9.54. The Hall–Kier alpha value is -2.09. The Kier molecular flexibility index (Phi) is 4.28. The van der Waals surface area contributed by atoms with Gasteiger partial charge >= 0.3 is 6.03 Å². The average molecular weight is 242 g/mol. The number of carbonyl (C=O) groups excluding carboxylic acids is 1. The summed E-state index contributed by atoms with van der Waals surface area (Å²) >= 11 is 0. The van der Waals surface area contributed by atoms with Gasteiger partial charge in [0.1, 0.15) is 0 Å². The van der Waals surface area contributed by atoms with Crippen molar-refractivity contribution in [2.24, 2.45) is 5.73 Å². The van der Waals surface area contributed by atoms with Gasteiger partial charge in [0.05, 0.1) is 11.7 Å². The zero-order valence-corrected chi connectivity index (χ0v) is 8.98. The van der Waals surface area contributed by atoms with Crippen LogP contribution in [0.2, 0.25) is 0 Å². The maximum Gasteiger partial charge on any atom is 0.325 e. The number of H-pyrrole nitrogens is 1. The number of primary amides is 1. The minimum Gasteiger partial charge on any atom is -0.351 e. The number of benzene rings is 1. The third kappa shape index (κ3) is 3.96. The molecule has 0 unspecified atom stereocenters. The third-order valence-electron chi connectivity index (χ3n) is 1.55. The normalized spacial score (nSPS) is 9.56. The number of urea groups is 1. The van der Waals surface area contributed by atoms with Crippen LogP contribution < -0.4 is 10.5 Å². The molecule has 2 amide bonds. The Morgan fingerprint density at radius 2 is 2.06 bits per heavy atom. The molecule has 86 valence electrons. The van der Waals surface area contributed by atoms with Crippen molar-refractivity contribution in [1.29, 1.82) is 0 Å². The molecule has 8 heteroatoms. The Bertz CT molecular complexity index is 511. The number of nitrogens with two attached hydrogens (primary N) is 1. The zero-order valence-electron chi connectivity index (χ0n) is 8.08. The van der Waals surface area contributed by atoms with Crippen LogP contribution in [0.3, 0.4) is 0 Å². The highest BCUT2D eigenvalue weighted by Gasteiger charge is 1.88. The summed E-state index contributed by atoms with van der Waals surface area (Å²) in [6.07, 6.45) is 1.81. The third-order valence-corrected chi connectivity index (χ3v) is 1.95. The van der Waals surface area contributed by atoms with Gasteiger partial charge in [-0.05, 0) is 6.07 Å². The van der Waals surface area contributed by atoms with Crippen LogP contribution in [0.4, 0.5) is 4.79 Å². The van der Waals surface area contributed by atoms with Crippen LogP contribution in [0.25, 0.3) is 10.9 Å². The molecule has 0 spiro atoms. The van der Waals surface area contributed by atoms with Crippen LogP contribution in [-0.2, 0) is 10.9 Å². The number of amides is 2. The van der Waals surface area contributed by atoms with E-state index in [1.807, 2.05) is 30.5 Å². The minimum absolute atomic E-state index is 1.06. The molecule has 0 aliphatic heterocycles. The molecule has 4 N–H and O–H groups in total. The lowest BCUT2D eigenvalue weighted by atomic mass is 10.3. The quantitative estimate of drug-likeness (QED) is 0.515. The highest BCUT2D eigenvalue weighted by molar-refractivity contribution is 7.70. The lowest BCUT2D eigenvalue weighted by Crippen LogP contribution is -2.27. The van der Waals surface area contributed by atoms with Crippen molar-refractivity contribution in [2.75, 3.05) is 0 Å². The second-order valence-corrected chi connectivity index (χ2v) is 3.43. The van der Waals surface area contributed by atoms with E-state index in [0.29, 0.717) is 0 Å². The molecule has 2 rings (SSSR count). The van der Waals surface area contributed by atoms with Gasteiger partial charge in [-0.2, -0.15) is 5.10 Å². The monoisotopic (exact) mass is 242 g/mol. The van der Waals surface area contributed by atoms with Crippen molar-refractivity contribution in [2.45, 2.75) is 0 Å². The molecule has 0 saturated carbocycles. The average Bonchev–Trinajstić information content (AvgIpc) is 2.63. The Morgan fingerprint density at radius 1 is 1.38 bits per heavy atom. The number of aromatic amines is 1. The van der Waals surface area contributed by atoms with Crippen molar-refractivity contribution >= 4 is 27.8 Å². The summed E-state index contributed by atoms with van der Waals surface area (Å²) in [6.45, 7) is 0.